The quantitative estimate of drug-likeness (QED) is 0.844. The van der Waals surface area contributed by atoms with Crippen LogP contribution >= 0.6 is 8.25 Å². The number of benzene rings is 1. The Balaban J connectivity index is 0.000000631. The molecule has 0 heterocycles. The lowest BCUT2D eigenvalue weighted by Gasteiger charge is -2.02. The first-order valence-electron chi connectivity index (χ1n) is 5.57. The van der Waals surface area contributed by atoms with Crippen molar-refractivity contribution in [3.8, 4) is 0 Å². The average molecular weight is 294 g/mol. The van der Waals surface area contributed by atoms with Gasteiger partial charge in [-0.2, -0.15) is 0 Å². The smallest absolute Gasteiger partial charge is 0.317 e. The Morgan fingerprint density at radius 3 is 2.06 bits per heavy atom. The molecule has 0 fully saturated rings. The molecule has 0 aromatic heterocycles. The SMILES string of the molecule is CCCC.O=[PH](O)OCS(=O)(=O)c1ccccc1. The van der Waals surface area contributed by atoms with Crippen molar-refractivity contribution in [2.24, 2.45) is 0 Å². The fraction of sp³-hybridized carbons (Fsp3) is 0.455. The zero-order valence-corrected chi connectivity index (χ0v) is 12.3. The summed E-state index contributed by atoms with van der Waals surface area (Å²) >= 11 is 0. The molecule has 1 atom stereocenters. The molecule has 18 heavy (non-hydrogen) atoms. The van der Waals surface area contributed by atoms with Gasteiger partial charge >= 0.3 is 8.25 Å². The fourth-order valence-electron chi connectivity index (χ4n) is 0.824. The van der Waals surface area contributed by atoms with E-state index in [4.69, 9.17) is 4.89 Å². The zero-order chi connectivity index (χ0) is 14.0. The molecule has 1 unspecified atom stereocenters. The predicted molar refractivity (Wildman–Crippen MR) is 71.4 cm³/mol. The van der Waals surface area contributed by atoms with Crippen LogP contribution in [0.15, 0.2) is 35.2 Å². The summed E-state index contributed by atoms with van der Waals surface area (Å²) in [5.74, 6) is -0.773. The lowest BCUT2D eigenvalue weighted by molar-refractivity contribution is 0.322. The van der Waals surface area contributed by atoms with Crippen LogP contribution in [-0.2, 0) is 18.9 Å². The van der Waals surface area contributed by atoms with Gasteiger partial charge in [0.2, 0.25) is 9.84 Å². The van der Waals surface area contributed by atoms with E-state index in [-0.39, 0.29) is 4.90 Å². The summed E-state index contributed by atoms with van der Waals surface area (Å²) in [4.78, 5) is 8.39. The molecule has 7 heteroatoms. The highest BCUT2D eigenvalue weighted by atomic mass is 32.2. The first kappa shape index (κ1) is 17.3. The van der Waals surface area contributed by atoms with E-state index >= 15 is 0 Å². The summed E-state index contributed by atoms with van der Waals surface area (Å²) in [6, 6.07) is 7.60. The molecular formula is C11H19O5PS. The first-order valence-corrected chi connectivity index (χ1v) is 8.49. The summed E-state index contributed by atoms with van der Waals surface area (Å²) in [5, 5.41) is 0. The van der Waals surface area contributed by atoms with Crippen LogP contribution in [0.3, 0.4) is 0 Å². The van der Waals surface area contributed by atoms with Crippen LogP contribution in [0.25, 0.3) is 0 Å². The molecule has 0 amide bonds. The van der Waals surface area contributed by atoms with Gasteiger partial charge in [-0.1, -0.05) is 44.9 Å². The summed E-state index contributed by atoms with van der Waals surface area (Å²) in [6.45, 7) is 4.36. The molecule has 0 aliphatic heterocycles. The summed E-state index contributed by atoms with van der Waals surface area (Å²) in [6.07, 6.45) is 2.64. The lowest BCUT2D eigenvalue weighted by atomic mass is 10.4. The van der Waals surface area contributed by atoms with Crippen molar-refractivity contribution in [1.29, 1.82) is 0 Å². The van der Waals surface area contributed by atoms with Crippen LogP contribution in [0.1, 0.15) is 26.7 Å². The van der Waals surface area contributed by atoms with Crippen LogP contribution in [0.4, 0.5) is 0 Å². The second-order valence-electron chi connectivity index (χ2n) is 3.46. The Labute approximate surface area is 109 Å². The van der Waals surface area contributed by atoms with E-state index in [0.29, 0.717) is 0 Å². The molecule has 1 N–H and O–H groups in total. The maximum Gasteiger partial charge on any atom is 0.317 e. The lowest BCUT2D eigenvalue weighted by Crippen LogP contribution is -2.06. The second kappa shape index (κ2) is 9.28. The molecule has 104 valence electrons. The van der Waals surface area contributed by atoms with Crippen LogP contribution in [-0.4, -0.2) is 19.3 Å². The van der Waals surface area contributed by atoms with Crippen molar-refractivity contribution in [2.45, 2.75) is 31.6 Å². The van der Waals surface area contributed by atoms with Crippen molar-refractivity contribution >= 4 is 18.1 Å². The zero-order valence-electron chi connectivity index (χ0n) is 10.5. The first-order chi connectivity index (χ1) is 8.44. The van der Waals surface area contributed by atoms with E-state index in [1.165, 1.54) is 25.0 Å². The molecule has 1 rings (SSSR count). The standard InChI is InChI=1S/C7H9O5PS.C4H10/c8-13(9)12-6-14(10,11)7-4-2-1-3-5-7;1-3-4-2/h1-5,13H,6H2,(H,8,9);3-4H2,1-2H3. The van der Waals surface area contributed by atoms with Crippen LogP contribution < -0.4 is 0 Å². The largest absolute Gasteiger partial charge is 0.326 e. The van der Waals surface area contributed by atoms with E-state index in [0.717, 1.165) is 0 Å². The normalized spacial score (nSPS) is 12.4. The third-order valence-corrected chi connectivity index (χ3v) is 3.96. The van der Waals surface area contributed by atoms with Gasteiger partial charge in [0, 0.05) is 0 Å². The van der Waals surface area contributed by atoms with Crippen LogP contribution in [0.5, 0.6) is 0 Å². The van der Waals surface area contributed by atoms with E-state index in [9.17, 15) is 13.0 Å². The van der Waals surface area contributed by atoms with Gasteiger partial charge in [0.15, 0.2) is 5.94 Å². The Hall–Kier alpha value is -0.680. The van der Waals surface area contributed by atoms with Crippen LogP contribution in [0.2, 0.25) is 0 Å². The molecule has 0 aliphatic carbocycles. The third kappa shape index (κ3) is 7.61. The summed E-state index contributed by atoms with van der Waals surface area (Å²) < 4.78 is 37.1. The van der Waals surface area contributed by atoms with Crippen molar-refractivity contribution in [3.63, 3.8) is 0 Å². The van der Waals surface area contributed by atoms with Gasteiger partial charge in [-0.05, 0) is 12.1 Å². The van der Waals surface area contributed by atoms with Gasteiger partial charge in [-0.3, -0.25) is 9.09 Å². The highest BCUT2D eigenvalue weighted by Crippen LogP contribution is 2.18. The van der Waals surface area contributed by atoms with Crippen molar-refractivity contribution in [2.75, 3.05) is 5.94 Å². The monoisotopic (exact) mass is 294 g/mol. The van der Waals surface area contributed by atoms with Gasteiger partial charge < -0.3 is 4.89 Å². The van der Waals surface area contributed by atoms with E-state index in [1.807, 2.05) is 0 Å². The molecule has 0 bridgehead atoms. The predicted octanol–water partition coefficient (Wildman–Crippen LogP) is 2.62. The Bertz CT molecular complexity index is 442. The molecule has 0 spiro atoms. The maximum absolute atomic E-state index is 11.4. The van der Waals surface area contributed by atoms with Crippen molar-refractivity contribution < 1.29 is 22.4 Å². The minimum Gasteiger partial charge on any atom is -0.326 e. The summed E-state index contributed by atoms with van der Waals surface area (Å²) in [7, 11) is -6.82. The van der Waals surface area contributed by atoms with Crippen molar-refractivity contribution in [3.05, 3.63) is 30.3 Å². The topological polar surface area (TPSA) is 80.7 Å². The van der Waals surface area contributed by atoms with Crippen LogP contribution in [0, 0.1) is 0 Å². The second-order valence-corrected chi connectivity index (χ2v) is 6.21. The molecule has 0 saturated carbocycles. The van der Waals surface area contributed by atoms with Gasteiger partial charge in [0.25, 0.3) is 0 Å². The minimum atomic E-state index is -3.61. The van der Waals surface area contributed by atoms with Gasteiger partial charge in [-0.25, -0.2) is 8.42 Å². The van der Waals surface area contributed by atoms with Gasteiger partial charge in [0.1, 0.15) is 0 Å². The molecule has 0 radical (unpaired) electrons. The highest BCUT2D eigenvalue weighted by molar-refractivity contribution is 7.91. The third-order valence-electron chi connectivity index (χ3n) is 1.94. The number of rotatable bonds is 5. The number of hydrogen-bond acceptors (Lipinski definition) is 4. The van der Waals surface area contributed by atoms with E-state index in [2.05, 4.69) is 18.4 Å². The summed E-state index contributed by atoms with van der Waals surface area (Å²) in [5.41, 5.74) is 0. The minimum absolute atomic E-state index is 0.0725. The highest BCUT2D eigenvalue weighted by Gasteiger charge is 2.14. The fourth-order valence-corrected chi connectivity index (χ4v) is 2.56. The molecule has 0 aliphatic rings. The van der Waals surface area contributed by atoms with Gasteiger partial charge in [0.05, 0.1) is 4.90 Å². The number of hydrogen-bond donors (Lipinski definition) is 1. The molecule has 1 aromatic rings. The molecule has 0 saturated heterocycles. The van der Waals surface area contributed by atoms with E-state index in [1.54, 1.807) is 18.2 Å². The molecule has 5 nitrogen and oxygen atoms in total. The Kier molecular flexibility index (Phi) is 8.93. The Morgan fingerprint density at radius 2 is 1.67 bits per heavy atom. The Morgan fingerprint density at radius 1 is 1.17 bits per heavy atom. The number of sulfone groups is 1. The molecule has 1 aromatic carbocycles. The van der Waals surface area contributed by atoms with Crippen molar-refractivity contribution in [1.82, 2.24) is 0 Å². The van der Waals surface area contributed by atoms with E-state index < -0.39 is 24.0 Å². The molecular weight excluding hydrogens is 275 g/mol. The van der Waals surface area contributed by atoms with Gasteiger partial charge in [-0.15, -0.1) is 0 Å². The maximum atomic E-state index is 11.4. The number of unbranched alkanes of at least 4 members (excludes halogenated alkanes) is 1. The average Bonchev–Trinajstić information content (AvgIpc) is 2.38.